The summed E-state index contributed by atoms with van der Waals surface area (Å²) in [6.45, 7) is 0. The number of hydrogen-bond donors (Lipinski definition) is 1. The fraction of sp³-hybridized carbons (Fsp3) is 0.231. The summed E-state index contributed by atoms with van der Waals surface area (Å²) in [6, 6.07) is 8.88. The van der Waals surface area contributed by atoms with Gasteiger partial charge in [0.2, 0.25) is 0 Å². The van der Waals surface area contributed by atoms with Gasteiger partial charge in [-0.05, 0) is 37.1 Å². The van der Waals surface area contributed by atoms with E-state index in [1.165, 1.54) is 18.5 Å². The van der Waals surface area contributed by atoms with Crippen molar-refractivity contribution >= 4 is 5.97 Å². The maximum atomic E-state index is 10.9. The molecule has 0 spiro atoms. The maximum absolute atomic E-state index is 10.9. The Morgan fingerprint density at radius 1 is 1.35 bits per heavy atom. The summed E-state index contributed by atoms with van der Waals surface area (Å²) in [5.41, 5.74) is 2.28. The molecule has 3 rings (SSSR count). The van der Waals surface area contributed by atoms with Crippen LogP contribution in [0.15, 0.2) is 36.5 Å². The van der Waals surface area contributed by atoms with Gasteiger partial charge in [0.05, 0.1) is 11.3 Å². The number of carboxylic acids is 1. The van der Waals surface area contributed by atoms with Gasteiger partial charge < -0.3 is 5.11 Å². The zero-order valence-corrected chi connectivity index (χ0v) is 9.21. The lowest BCUT2D eigenvalue weighted by molar-refractivity contribution is 0.0697. The van der Waals surface area contributed by atoms with Gasteiger partial charge in [0.15, 0.2) is 0 Å². The van der Waals surface area contributed by atoms with Crippen molar-refractivity contribution in [2.75, 3.05) is 0 Å². The fourth-order valence-electron chi connectivity index (χ4n) is 1.99. The first-order valence-electron chi connectivity index (χ1n) is 5.63. The fourth-order valence-corrected chi connectivity index (χ4v) is 1.99. The molecule has 0 radical (unpaired) electrons. The minimum atomic E-state index is -0.910. The highest BCUT2D eigenvalue weighted by atomic mass is 16.4. The predicted molar refractivity (Wildman–Crippen MR) is 62.5 cm³/mol. The number of aromatic carboxylic acids is 1. The second-order valence-electron chi connectivity index (χ2n) is 4.30. The summed E-state index contributed by atoms with van der Waals surface area (Å²) in [6.07, 6.45) is 4.16. The average molecular weight is 228 g/mol. The highest BCUT2D eigenvalue weighted by Crippen LogP contribution is 2.40. The maximum Gasteiger partial charge on any atom is 0.335 e. The van der Waals surface area contributed by atoms with Crippen LogP contribution in [0.5, 0.6) is 0 Å². The molecule has 0 atom stereocenters. The van der Waals surface area contributed by atoms with Crippen LogP contribution in [-0.2, 0) is 0 Å². The summed E-state index contributed by atoms with van der Waals surface area (Å²) >= 11 is 0. The number of aromatic nitrogens is 2. The Balaban J connectivity index is 2.05. The lowest BCUT2D eigenvalue weighted by Crippen LogP contribution is -2.03. The summed E-state index contributed by atoms with van der Waals surface area (Å²) in [4.78, 5) is 10.9. The van der Waals surface area contributed by atoms with Gasteiger partial charge in [-0.15, -0.1) is 0 Å². The molecule has 0 unspecified atom stereocenters. The molecule has 1 aromatic carbocycles. The second-order valence-corrected chi connectivity index (χ2v) is 4.30. The van der Waals surface area contributed by atoms with E-state index in [1.54, 1.807) is 24.4 Å². The van der Waals surface area contributed by atoms with Gasteiger partial charge in [-0.2, -0.15) is 5.10 Å². The largest absolute Gasteiger partial charge is 0.478 e. The van der Waals surface area contributed by atoms with E-state index >= 15 is 0 Å². The van der Waals surface area contributed by atoms with Crippen molar-refractivity contribution in [2.24, 2.45) is 0 Å². The summed E-state index contributed by atoms with van der Waals surface area (Å²) in [5.74, 6) is -0.321. The van der Waals surface area contributed by atoms with Crippen LogP contribution in [-0.4, -0.2) is 20.9 Å². The molecule has 1 aliphatic carbocycles. The Bertz CT molecular complexity index is 570. The third kappa shape index (κ3) is 1.82. The van der Waals surface area contributed by atoms with E-state index in [4.69, 9.17) is 5.11 Å². The smallest absolute Gasteiger partial charge is 0.335 e. The van der Waals surface area contributed by atoms with Crippen LogP contribution in [0, 0.1) is 0 Å². The van der Waals surface area contributed by atoms with Gasteiger partial charge in [-0.1, -0.05) is 6.07 Å². The molecule has 0 bridgehead atoms. The predicted octanol–water partition coefficient (Wildman–Crippen LogP) is 2.45. The van der Waals surface area contributed by atoms with Crippen LogP contribution >= 0.6 is 0 Å². The third-order valence-corrected chi connectivity index (χ3v) is 3.01. The zero-order valence-electron chi connectivity index (χ0n) is 9.21. The Kier molecular flexibility index (Phi) is 2.21. The van der Waals surface area contributed by atoms with Gasteiger partial charge in [-0.25, -0.2) is 9.48 Å². The molecule has 0 amide bonds. The van der Waals surface area contributed by atoms with Crippen molar-refractivity contribution in [3.63, 3.8) is 0 Å². The Hall–Kier alpha value is -2.10. The van der Waals surface area contributed by atoms with Gasteiger partial charge >= 0.3 is 5.97 Å². The van der Waals surface area contributed by atoms with Crippen molar-refractivity contribution < 1.29 is 9.90 Å². The summed E-state index contributed by atoms with van der Waals surface area (Å²) in [7, 11) is 0. The van der Waals surface area contributed by atoms with Crippen molar-refractivity contribution in [3.05, 3.63) is 47.8 Å². The van der Waals surface area contributed by atoms with E-state index in [9.17, 15) is 4.79 Å². The first-order chi connectivity index (χ1) is 8.25. The Morgan fingerprint density at radius 2 is 2.18 bits per heavy atom. The number of benzene rings is 1. The van der Waals surface area contributed by atoms with Crippen LogP contribution < -0.4 is 0 Å². The highest BCUT2D eigenvalue weighted by molar-refractivity contribution is 5.88. The van der Waals surface area contributed by atoms with Gasteiger partial charge in [0.1, 0.15) is 0 Å². The molecular weight excluding hydrogens is 216 g/mol. The van der Waals surface area contributed by atoms with E-state index in [1.807, 2.05) is 16.8 Å². The van der Waals surface area contributed by atoms with E-state index in [-0.39, 0.29) is 0 Å². The standard InChI is InChI=1S/C13H12N2O2/c16-13(17)10-2-1-3-11(8-10)15-12(6-7-14-15)9-4-5-9/h1-3,6-9H,4-5H2,(H,16,17). The molecule has 1 saturated carbocycles. The molecule has 4 nitrogen and oxygen atoms in total. The normalized spacial score (nSPS) is 14.8. The van der Waals surface area contributed by atoms with E-state index in [0.717, 1.165) is 5.69 Å². The SMILES string of the molecule is O=C(O)c1cccc(-n2nccc2C2CC2)c1. The third-order valence-electron chi connectivity index (χ3n) is 3.01. The molecule has 4 heteroatoms. The topological polar surface area (TPSA) is 55.1 Å². The number of carboxylic acid groups (broad SMARTS) is 1. The Labute approximate surface area is 98.5 Å². The lowest BCUT2D eigenvalue weighted by atomic mass is 10.2. The van der Waals surface area contributed by atoms with Crippen LogP contribution in [0.4, 0.5) is 0 Å². The molecule has 0 aliphatic heterocycles. The second kappa shape index (κ2) is 3.73. The molecule has 1 heterocycles. The summed E-state index contributed by atoms with van der Waals surface area (Å²) < 4.78 is 1.84. The average Bonchev–Trinajstić information content (AvgIpc) is 3.07. The van der Waals surface area contributed by atoms with Crippen LogP contribution in [0.3, 0.4) is 0 Å². The number of rotatable bonds is 3. The lowest BCUT2D eigenvalue weighted by Gasteiger charge is -2.07. The quantitative estimate of drug-likeness (QED) is 0.877. The molecule has 0 saturated heterocycles. The monoisotopic (exact) mass is 228 g/mol. The first-order valence-corrected chi connectivity index (χ1v) is 5.63. The van der Waals surface area contributed by atoms with Crippen molar-refractivity contribution in [1.29, 1.82) is 0 Å². The minimum Gasteiger partial charge on any atom is -0.478 e. The molecule has 1 fully saturated rings. The van der Waals surface area contributed by atoms with Crippen molar-refractivity contribution in [2.45, 2.75) is 18.8 Å². The molecule has 2 aromatic rings. The first kappa shape index (κ1) is 10.1. The molecule has 17 heavy (non-hydrogen) atoms. The van der Waals surface area contributed by atoms with E-state index in [0.29, 0.717) is 11.5 Å². The van der Waals surface area contributed by atoms with Crippen LogP contribution in [0.1, 0.15) is 34.8 Å². The van der Waals surface area contributed by atoms with E-state index < -0.39 is 5.97 Å². The molecular formula is C13H12N2O2. The Morgan fingerprint density at radius 3 is 2.88 bits per heavy atom. The molecule has 86 valence electrons. The number of carbonyl (C=O) groups is 1. The van der Waals surface area contributed by atoms with Gasteiger partial charge in [0, 0.05) is 17.8 Å². The number of nitrogens with zero attached hydrogens (tertiary/aromatic N) is 2. The molecule has 1 N–H and O–H groups in total. The van der Waals surface area contributed by atoms with Gasteiger partial charge in [-0.3, -0.25) is 0 Å². The van der Waals surface area contributed by atoms with E-state index in [2.05, 4.69) is 5.10 Å². The summed E-state index contributed by atoms with van der Waals surface area (Å²) in [5, 5.41) is 13.2. The minimum absolute atomic E-state index is 0.291. The molecule has 1 aromatic heterocycles. The number of hydrogen-bond acceptors (Lipinski definition) is 2. The van der Waals surface area contributed by atoms with Crippen LogP contribution in [0.25, 0.3) is 5.69 Å². The van der Waals surface area contributed by atoms with Crippen molar-refractivity contribution in [1.82, 2.24) is 9.78 Å². The highest BCUT2D eigenvalue weighted by Gasteiger charge is 2.27. The van der Waals surface area contributed by atoms with Gasteiger partial charge in [0.25, 0.3) is 0 Å². The van der Waals surface area contributed by atoms with Crippen molar-refractivity contribution in [3.8, 4) is 5.69 Å². The molecule has 1 aliphatic rings. The van der Waals surface area contributed by atoms with Crippen LogP contribution in [0.2, 0.25) is 0 Å². The zero-order chi connectivity index (χ0) is 11.8.